The fraction of sp³-hybridized carbons (Fsp3) is 0.462. The number of methoxy groups -OCH3 is 1. The van der Waals surface area contributed by atoms with Gasteiger partial charge in [0.1, 0.15) is 11.9 Å². The fourth-order valence-corrected chi connectivity index (χ4v) is 1.74. The van der Waals surface area contributed by atoms with Crippen molar-refractivity contribution in [3.05, 3.63) is 30.1 Å². The Kier molecular flexibility index (Phi) is 5.58. The summed E-state index contributed by atoms with van der Waals surface area (Å²) in [6.45, 7) is 2.89. The molecule has 100 valence electrons. The first kappa shape index (κ1) is 14.4. The summed E-state index contributed by atoms with van der Waals surface area (Å²) in [4.78, 5) is 13.2. The van der Waals surface area contributed by atoms with Crippen LogP contribution in [0.2, 0.25) is 0 Å². The molecule has 0 saturated carbocycles. The maximum atomic E-state index is 13.6. The van der Waals surface area contributed by atoms with Crippen LogP contribution in [0.4, 0.5) is 10.1 Å². The number of nitrogens with zero attached hydrogens (tertiary/aromatic N) is 1. The lowest BCUT2D eigenvalue weighted by Crippen LogP contribution is -2.45. The van der Waals surface area contributed by atoms with Crippen LogP contribution in [-0.4, -0.2) is 39.3 Å². The summed E-state index contributed by atoms with van der Waals surface area (Å²) >= 11 is 0. The number of anilines is 1. The Labute approximate surface area is 107 Å². The van der Waals surface area contributed by atoms with Gasteiger partial charge in [-0.1, -0.05) is 19.1 Å². The zero-order valence-electron chi connectivity index (χ0n) is 10.9. The number of hydrogen-bond donors (Lipinski definition) is 1. The van der Waals surface area contributed by atoms with Crippen molar-refractivity contribution >= 4 is 11.7 Å². The molecule has 1 aromatic rings. The molecule has 1 aromatic carbocycles. The lowest BCUT2D eigenvalue weighted by atomic mass is 10.2. The number of carbonyl (C=O) groups is 1. The van der Waals surface area contributed by atoms with E-state index in [1.165, 1.54) is 13.2 Å². The standard InChI is InChI=1S/C13H19FN2O2/c1-4-15-11(13(17)18-3)9-16(2)12-8-6-5-7-10(12)14/h5-8,11,15H,4,9H2,1-3H3. The first-order chi connectivity index (χ1) is 8.60. The van der Waals surface area contributed by atoms with Crippen LogP contribution in [-0.2, 0) is 9.53 Å². The van der Waals surface area contributed by atoms with E-state index in [2.05, 4.69) is 5.32 Å². The molecule has 18 heavy (non-hydrogen) atoms. The van der Waals surface area contributed by atoms with E-state index in [0.29, 0.717) is 18.8 Å². The van der Waals surface area contributed by atoms with Gasteiger partial charge in [-0.2, -0.15) is 0 Å². The number of hydrogen-bond acceptors (Lipinski definition) is 4. The fourth-order valence-electron chi connectivity index (χ4n) is 1.74. The lowest BCUT2D eigenvalue weighted by molar-refractivity contribution is -0.142. The summed E-state index contributed by atoms with van der Waals surface area (Å²) in [6.07, 6.45) is 0. The minimum absolute atomic E-state index is 0.305. The molecule has 1 atom stereocenters. The topological polar surface area (TPSA) is 41.6 Å². The second-order valence-electron chi connectivity index (χ2n) is 3.97. The van der Waals surface area contributed by atoms with Crippen LogP contribution in [0.15, 0.2) is 24.3 Å². The summed E-state index contributed by atoms with van der Waals surface area (Å²) < 4.78 is 18.3. The molecule has 0 aliphatic rings. The molecule has 0 bridgehead atoms. The van der Waals surface area contributed by atoms with Crippen molar-refractivity contribution in [2.24, 2.45) is 0 Å². The Hall–Kier alpha value is -1.62. The summed E-state index contributed by atoms with van der Waals surface area (Å²) in [5.74, 6) is -0.653. The predicted octanol–water partition coefficient (Wildman–Crippen LogP) is 1.41. The largest absolute Gasteiger partial charge is 0.468 e. The number of benzene rings is 1. The van der Waals surface area contributed by atoms with E-state index in [9.17, 15) is 9.18 Å². The van der Waals surface area contributed by atoms with Crippen molar-refractivity contribution < 1.29 is 13.9 Å². The molecule has 1 rings (SSSR count). The van der Waals surface area contributed by atoms with Crippen LogP contribution in [0.5, 0.6) is 0 Å². The highest BCUT2D eigenvalue weighted by Crippen LogP contribution is 2.17. The molecule has 0 heterocycles. The van der Waals surface area contributed by atoms with Gasteiger partial charge in [0.05, 0.1) is 12.8 Å². The molecule has 0 amide bonds. The number of para-hydroxylation sites is 1. The van der Waals surface area contributed by atoms with Crippen LogP contribution in [0.1, 0.15) is 6.92 Å². The molecule has 4 nitrogen and oxygen atoms in total. The van der Waals surface area contributed by atoms with E-state index in [0.717, 1.165) is 0 Å². The van der Waals surface area contributed by atoms with E-state index >= 15 is 0 Å². The van der Waals surface area contributed by atoms with Gasteiger partial charge >= 0.3 is 5.97 Å². The Balaban J connectivity index is 2.75. The second-order valence-corrected chi connectivity index (χ2v) is 3.97. The smallest absolute Gasteiger partial charge is 0.324 e. The molecule has 0 fully saturated rings. The van der Waals surface area contributed by atoms with Crippen molar-refractivity contribution in [3.63, 3.8) is 0 Å². The maximum absolute atomic E-state index is 13.6. The molecular formula is C13H19FN2O2. The first-order valence-corrected chi connectivity index (χ1v) is 5.87. The van der Waals surface area contributed by atoms with Crippen LogP contribution >= 0.6 is 0 Å². The van der Waals surface area contributed by atoms with Crippen LogP contribution < -0.4 is 10.2 Å². The summed E-state index contributed by atoms with van der Waals surface area (Å²) in [5, 5.41) is 3.01. The average Bonchev–Trinajstić information content (AvgIpc) is 2.37. The van der Waals surface area contributed by atoms with E-state index in [1.807, 2.05) is 6.92 Å². The number of esters is 1. The summed E-state index contributed by atoms with van der Waals surface area (Å²) in [5.41, 5.74) is 0.462. The SMILES string of the molecule is CCNC(CN(C)c1ccccc1F)C(=O)OC. The monoisotopic (exact) mass is 254 g/mol. The second kappa shape index (κ2) is 6.96. The Morgan fingerprint density at radius 2 is 2.17 bits per heavy atom. The van der Waals surface area contributed by atoms with Gasteiger partial charge in [0.25, 0.3) is 0 Å². The van der Waals surface area contributed by atoms with Crippen LogP contribution in [0.3, 0.4) is 0 Å². The summed E-state index contributed by atoms with van der Waals surface area (Å²) in [7, 11) is 3.08. The highest BCUT2D eigenvalue weighted by Gasteiger charge is 2.20. The molecule has 1 N–H and O–H groups in total. The van der Waals surface area contributed by atoms with Gasteiger partial charge in [-0.05, 0) is 18.7 Å². The number of halogens is 1. The number of nitrogens with one attached hydrogen (secondary N) is 1. The molecule has 0 aliphatic heterocycles. The third-order valence-corrected chi connectivity index (χ3v) is 2.66. The molecule has 1 unspecified atom stereocenters. The van der Waals surface area contributed by atoms with E-state index in [1.54, 1.807) is 30.1 Å². The number of carbonyl (C=O) groups excluding carboxylic acids is 1. The van der Waals surface area contributed by atoms with Gasteiger partial charge in [-0.3, -0.25) is 4.79 Å². The quantitative estimate of drug-likeness (QED) is 0.779. The number of likely N-dealkylation sites (N-methyl/N-ethyl adjacent to an activating group) is 2. The molecule has 0 saturated heterocycles. The van der Waals surface area contributed by atoms with Crippen LogP contribution in [0.25, 0.3) is 0 Å². The van der Waals surface area contributed by atoms with E-state index in [4.69, 9.17) is 4.74 Å². The van der Waals surface area contributed by atoms with Gasteiger partial charge < -0.3 is 15.0 Å². The Morgan fingerprint density at radius 1 is 1.50 bits per heavy atom. The molecule has 0 radical (unpaired) electrons. The van der Waals surface area contributed by atoms with Crippen molar-refractivity contribution in [2.45, 2.75) is 13.0 Å². The van der Waals surface area contributed by atoms with Gasteiger partial charge in [-0.25, -0.2) is 4.39 Å². The van der Waals surface area contributed by atoms with Crippen molar-refractivity contribution in [3.8, 4) is 0 Å². The maximum Gasteiger partial charge on any atom is 0.324 e. The van der Waals surface area contributed by atoms with Gasteiger partial charge in [-0.15, -0.1) is 0 Å². The zero-order chi connectivity index (χ0) is 13.5. The van der Waals surface area contributed by atoms with E-state index < -0.39 is 6.04 Å². The third kappa shape index (κ3) is 3.70. The molecule has 0 spiro atoms. The Morgan fingerprint density at radius 3 is 2.72 bits per heavy atom. The van der Waals surface area contributed by atoms with Gasteiger partial charge in [0.15, 0.2) is 0 Å². The highest BCUT2D eigenvalue weighted by molar-refractivity contribution is 5.76. The van der Waals surface area contributed by atoms with Gasteiger partial charge in [0.2, 0.25) is 0 Å². The third-order valence-electron chi connectivity index (χ3n) is 2.66. The van der Waals surface area contributed by atoms with Crippen molar-refractivity contribution in [1.29, 1.82) is 0 Å². The average molecular weight is 254 g/mol. The summed E-state index contributed by atoms with van der Waals surface area (Å²) in [6, 6.07) is 6.00. The lowest BCUT2D eigenvalue weighted by Gasteiger charge is -2.25. The van der Waals surface area contributed by atoms with Crippen molar-refractivity contribution in [2.75, 3.05) is 32.1 Å². The minimum Gasteiger partial charge on any atom is -0.468 e. The molecule has 0 aromatic heterocycles. The van der Waals surface area contributed by atoms with Crippen molar-refractivity contribution in [1.82, 2.24) is 5.32 Å². The molecule has 5 heteroatoms. The number of rotatable bonds is 6. The first-order valence-electron chi connectivity index (χ1n) is 5.87. The zero-order valence-corrected chi connectivity index (χ0v) is 10.9. The van der Waals surface area contributed by atoms with Gasteiger partial charge in [0, 0.05) is 13.6 Å². The normalized spacial score (nSPS) is 12.0. The number of ether oxygens (including phenoxy) is 1. The minimum atomic E-state index is -0.468. The highest BCUT2D eigenvalue weighted by atomic mass is 19.1. The van der Waals surface area contributed by atoms with E-state index in [-0.39, 0.29) is 11.8 Å². The van der Waals surface area contributed by atoms with Crippen LogP contribution in [0, 0.1) is 5.82 Å². The molecule has 0 aliphatic carbocycles. The Bertz CT molecular complexity index is 398. The molecular weight excluding hydrogens is 235 g/mol. The predicted molar refractivity (Wildman–Crippen MR) is 69.2 cm³/mol.